The normalized spacial score (nSPS) is 17.7. The Morgan fingerprint density at radius 3 is 2.28 bits per heavy atom. The van der Waals surface area contributed by atoms with Crippen molar-refractivity contribution < 1.29 is 23.0 Å². The van der Waals surface area contributed by atoms with Crippen LogP contribution >= 0.6 is 0 Å². The number of hydrogen-bond acceptors (Lipinski definition) is 7. The van der Waals surface area contributed by atoms with Gasteiger partial charge in [-0.15, -0.1) is 23.4 Å². The maximum Gasteiger partial charge on any atom is 0.573 e. The van der Waals surface area contributed by atoms with Crippen molar-refractivity contribution >= 4 is 5.82 Å². The third kappa shape index (κ3) is 5.72. The lowest BCUT2D eigenvalue weighted by atomic mass is 9.79. The molecule has 3 aromatic rings. The zero-order valence-corrected chi connectivity index (χ0v) is 21.2. The molecule has 0 radical (unpaired) electrons. The first-order valence-corrected chi connectivity index (χ1v) is 11.6. The number of ether oxygens (including phenoxy) is 1. The summed E-state index contributed by atoms with van der Waals surface area (Å²) in [4.78, 5) is 2.04. The van der Waals surface area contributed by atoms with E-state index in [0.29, 0.717) is 16.9 Å². The largest absolute Gasteiger partial charge is 0.573 e. The van der Waals surface area contributed by atoms with Crippen LogP contribution in [0.1, 0.15) is 40.5 Å². The van der Waals surface area contributed by atoms with Gasteiger partial charge < -0.3 is 20.1 Å². The summed E-state index contributed by atoms with van der Waals surface area (Å²) in [5.74, 6) is -0.395. The van der Waals surface area contributed by atoms with Gasteiger partial charge in [0.2, 0.25) is 0 Å². The van der Waals surface area contributed by atoms with Crippen molar-refractivity contribution in [3.63, 3.8) is 0 Å². The van der Waals surface area contributed by atoms with Gasteiger partial charge in [0.15, 0.2) is 5.82 Å². The fraction of sp³-hybridized carbons (Fsp3) is 0.480. The standard InChI is InChI=1S/C25H31F3N6O2/c1-23(2)11-17(12-24(3,4)32-23)34(6)21-8-7-18(30-31-21)22-19(35)9-15(16-13-29-33(5)14-16)10-20(22)36-25(26,27)28/h7-10,13-14,17,32,35H,11-12H2,1-6H3. The highest BCUT2D eigenvalue weighted by Gasteiger charge is 2.39. The number of anilines is 1. The number of benzene rings is 1. The molecule has 36 heavy (non-hydrogen) atoms. The van der Waals surface area contributed by atoms with Gasteiger partial charge in [-0.2, -0.15) is 5.10 Å². The van der Waals surface area contributed by atoms with Crippen molar-refractivity contribution in [2.45, 2.75) is 64.0 Å². The highest BCUT2D eigenvalue weighted by Crippen LogP contribution is 2.43. The maximum absolute atomic E-state index is 13.2. The molecule has 0 amide bonds. The monoisotopic (exact) mass is 504 g/mol. The van der Waals surface area contributed by atoms with Crippen LogP contribution in [0.15, 0.2) is 36.7 Å². The second-order valence-electron chi connectivity index (χ2n) is 10.7. The lowest BCUT2D eigenvalue weighted by Crippen LogP contribution is -2.62. The van der Waals surface area contributed by atoms with Crippen molar-refractivity contribution in [3.05, 3.63) is 36.7 Å². The second-order valence-corrected chi connectivity index (χ2v) is 10.7. The Morgan fingerprint density at radius 1 is 1.08 bits per heavy atom. The van der Waals surface area contributed by atoms with Crippen LogP contribution in [0.2, 0.25) is 0 Å². The van der Waals surface area contributed by atoms with E-state index in [9.17, 15) is 18.3 Å². The average Bonchev–Trinajstić information content (AvgIpc) is 3.16. The number of nitrogens with zero attached hydrogens (tertiary/aromatic N) is 5. The lowest BCUT2D eigenvalue weighted by Gasteiger charge is -2.49. The van der Waals surface area contributed by atoms with E-state index in [2.05, 4.69) is 53.0 Å². The van der Waals surface area contributed by atoms with E-state index in [1.807, 2.05) is 11.9 Å². The predicted molar refractivity (Wildman–Crippen MR) is 131 cm³/mol. The molecule has 0 saturated carbocycles. The Balaban J connectivity index is 1.67. The molecule has 0 aliphatic carbocycles. The van der Waals surface area contributed by atoms with E-state index in [1.54, 1.807) is 19.3 Å². The summed E-state index contributed by atoms with van der Waals surface area (Å²) in [5.41, 5.74) is 0.587. The molecule has 3 heterocycles. The van der Waals surface area contributed by atoms with Crippen LogP contribution in [0.4, 0.5) is 19.0 Å². The van der Waals surface area contributed by atoms with E-state index < -0.39 is 17.9 Å². The van der Waals surface area contributed by atoms with Crippen molar-refractivity contribution in [1.29, 1.82) is 0 Å². The summed E-state index contributed by atoms with van der Waals surface area (Å²) in [7, 11) is 3.62. The van der Waals surface area contributed by atoms with Crippen molar-refractivity contribution in [2.75, 3.05) is 11.9 Å². The number of aromatic nitrogens is 4. The number of aryl methyl sites for hydroxylation is 1. The molecule has 1 fully saturated rings. The van der Waals surface area contributed by atoms with Gasteiger partial charge in [0.25, 0.3) is 0 Å². The van der Waals surface area contributed by atoms with Crippen LogP contribution in [0, 0.1) is 0 Å². The molecular weight excluding hydrogens is 473 g/mol. The van der Waals surface area contributed by atoms with Gasteiger partial charge in [0.05, 0.1) is 11.8 Å². The fourth-order valence-electron chi connectivity index (χ4n) is 5.18. The Hall–Kier alpha value is -3.34. The first kappa shape index (κ1) is 25.7. The first-order valence-electron chi connectivity index (χ1n) is 11.6. The summed E-state index contributed by atoms with van der Waals surface area (Å²) in [5, 5.41) is 26.9. The molecule has 0 bridgehead atoms. The minimum absolute atomic E-state index is 0.0626. The molecular formula is C25H31F3N6O2. The van der Waals surface area contributed by atoms with Crippen molar-refractivity contribution in [2.24, 2.45) is 7.05 Å². The van der Waals surface area contributed by atoms with Gasteiger partial charge >= 0.3 is 6.36 Å². The number of nitrogens with one attached hydrogen (secondary N) is 1. The third-order valence-electron chi connectivity index (χ3n) is 6.33. The Labute approximate surface area is 208 Å². The molecule has 0 unspecified atom stereocenters. The van der Waals surface area contributed by atoms with Gasteiger partial charge in [0.1, 0.15) is 17.2 Å². The van der Waals surface area contributed by atoms with Crippen LogP contribution in [-0.4, -0.2) is 55.6 Å². The molecule has 4 rings (SSSR count). The molecule has 11 heteroatoms. The van der Waals surface area contributed by atoms with Gasteiger partial charge in [-0.1, -0.05) is 0 Å². The zero-order valence-electron chi connectivity index (χ0n) is 21.2. The van der Waals surface area contributed by atoms with Crippen LogP contribution in [0.3, 0.4) is 0 Å². The Bertz CT molecular complexity index is 1220. The van der Waals surface area contributed by atoms with E-state index in [4.69, 9.17) is 0 Å². The Kier molecular flexibility index (Phi) is 6.40. The SMILES string of the molecule is CN(c1ccc(-c2c(O)cc(-c3cnn(C)c3)cc2OC(F)(F)F)nn1)C1CC(C)(C)NC(C)(C)C1. The zero-order chi connectivity index (χ0) is 26.5. The quantitative estimate of drug-likeness (QED) is 0.511. The lowest BCUT2D eigenvalue weighted by molar-refractivity contribution is -0.274. The topological polar surface area (TPSA) is 88.3 Å². The number of hydrogen-bond donors (Lipinski definition) is 2. The van der Waals surface area contributed by atoms with Crippen LogP contribution in [0.25, 0.3) is 22.4 Å². The van der Waals surface area contributed by atoms with Crippen molar-refractivity contribution in [3.8, 4) is 33.9 Å². The summed E-state index contributed by atoms with van der Waals surface area (Å²) < 4.78 is 45.5. The highest BCUT2D eigenvalue weighted by molar-refractivity contribution is 5.80. The molecule has 1 saturated heterocycles. The van der Waals surface area contributed by atoms with E-state index in [-0.39, 0.29) is 28.4 Å². The molecule has 2 aromatic heterocycles. The van der Waals surface area contributed by atoms with Gasteiger partial charge in [0, 0.05) is 43.0 Å². The van der Waals surface area contributed by atoms with E-state index >= 15 is 0 Å². The smallest absolute Gasteiger partial charge is 0.507 e. The maximum atomic E-state index is 13.2. The minimum atomic E-state index is -4.96. The minimum Gasteiger partial charge on any atom is -0.507 e. The molecule has 2 N–H and O–H groups in total. The van der Waals surface area contributed by atoms with Crippen LogP contribution in [0.5, 0.6) is 11.5 Å². The molecule has 1 aliphatic rings. The molecule has 1 aliphatic heterocycles. The number of alkyl halides is 3. The molecule has 0 atom stereocenters. The summed E-state index contributed by atoms with van der Waals surface area (Å²) in [6.07, 6.45) is -0.0801. The summed E-state index contributed by atoms with van der Waals surface area (Å²) in [6.45, 7) is 8.63. The molecule has 0 spiro atoms. The third-order valence-corrected chi connectivity index (χ3v) is 6.33. The molecule has 194 valence electrons. The highest BCUT2D eigenvalue weighted by atomic mass is 19.4. The summed E-state index contributed by atoms with van der Waals surface area (Å²) >= 11 is 0. The fourth-order valence-corrected chi connectivity index (χ4v) is 5.18. The Morgan fingerprint density at radius 2 is 1.75 bits per heavy atom. The predicted octanol–water partition coefficient (Wildman–Crippen LogP) is 4.89. The van der Waals surface area contributed by atoms with Crippen LogP contribution < -0.4 is 15.0 Å². The second kappa shape index (κ2) is 8.95. The van der Waals surface area contributed by atoms with E-state index in [0.717, 1.165) is 12.8 Å². The number of aromatic hydroxyl groups is 1. The van der Waals surface area contributed by atoms with Gasteiger partial charge in [-0.3, -0.25) is 4.68 Å². The van der Waals surface area contributed by atoms with Crippen LogP contribution in [-0.2, 0) is 7.05 Å². The van der Waals surface area contributed by atoms with Gasteiger partial charge in [-0.05, 0) is 70.4 Å². The average molecular weight is 505 g/mol. The number of phenols is 1. The van der Waals surface area contributed by atoms with E-state index in [1.165, 1.54) is 29.1 Å². The first-order chi connectivity index (χ1) is 16.6. The number of halogens is 3. The summed E-state index contributed by atoms with van der Waals surface area (Å²) in [6, 6.07) is 5.98. The molecule has 8 nitrogen and oxygen atoms in total. The van der Waals surface area contributed by atoms with Gasteiger partial charge in [-0.25, -0.2) is 0 Å². The number of piperidine rings is 1. The number of rotatable bonds is 5. The molecule has 1 aromatic carbocycles. The van der Waals surface area contributed by atoms with Crippen molar-refractivity contribution in [1.82, 2.24) is 25.3 Å². The number of phenolic OH excluding ortho intramolecular Hbond substituents is 1.